The Labute approximate surface area is 98.2 Å². The van der Waals surface area contributed by atoms with Crippen LogP contribution in [0.5, 0.6) is 0 Å². The Balaban J connectivity index is 2.40. The SMILES string of the molecule is Cc1ccc(F)c(C(O)c2csc(C)c2)c1. The van der Waals surface area contributed by atoms with E-state index in [1.165, 1.54) is 6.07 Å². The Kier molecular flexibility index (Phi) is 3.08. The van der Waals surface area contributed by atoms with Crippen molar-refractivity contribution in [1.82, 2.24) is 0 Å². The van der Waals surface area contributed by atoms with Gasteiger partial charge in [0.05, 0.1) is 0 Å². The molecule has 0 spiro atoms. The molecule has 0 bridgehead atoms. The van der Waals surface area contributed by atoms with Gasteiger partial charge in [0.1, 0.15) is 11.9 Å². The van der Waals surface area contributed by atoms with Crippen molar-refractivity contribution < 1.29 is 9.50 Å². The molecule has 0 aliphatic carbocycles. The largest absolute Gasteiger partial charge is 0.384 e. The molecule has 2 rings (SSSR count). The molecule has 1 aromatic heterocycles. The number of aliphatic hydroxyl groups excluding tert-OH is 1. The zero-order valence-corrected chi connectivity index (χ0v) is 10.0. The van der Waals surface area contributed by atoms with Crippen LogP contribution in [0.2, 0.25) is 0 Å². The molecule has 0 saturated heterocycles. The number of benzene rings is 1. The zero-order valence-electron chi connectivity index (χ0n) is 9.20. The van der Waals surface area contributed by atoms with Gasteiger partial charge in [0.15, 0.2) is 0 Å². The summed E-state index contributed by atoms with van der Waals surface area (Å²) in [6, 6.07) is 6.67. The predicted molar refractivity (Wildman–Crippen MR) is 64.3 cm³/mol. The quantitative estimate of drug-likeness (QED) is 0.845. The third-order valence-electron chi connectivity index (χ3n) is 2.51. The molecular formula is C13H13FOS. The van der Waals surface area contributed by atoms with Gasteiger partial charge < -0.3 is 5.11 Å². The number of aryl methyl sites for hydroxylation is 2. The van der Waals surface area contributed by atoms with Gasteiger partial charge in [-0.1, -0.05) is 17.7 Å². The van der Waals surface area contributed by atoms with Crippen LogP contribution in [0, 0.1) is 19.7 Å². The van der Waals surface area contributed by atoms with Crippen molar-refractivity contribution in [2.75, 3.05) is 0 Å². The van der Waals surface area contributed by atoms with Crippen molar-refractivity contribution in [1.29, 1.82) is 0 Å². The van der Waals surface area contributed by atoms with Crippen LogP contribution in [-0.4, -0.2) is 5.11 Å². The van der Waals surface area contributed by atoms with Gasteiger partial charge in [0.25, 0.3) is 0 Å². The average Bonchev–Trinajstić information content (AvgIpc) is 2.67. The van der Waals surface area contributed by atoms with Crippen LogP contribution >= 0.6 is 11.3 Å². The van der Waals surface area contributed by atoms with Gasteiger partial charge >= 0.3 is 0 Å². The summed E-state index contributed by atoms with van der Waals surface area (Å²) in [5.41, 5.74) is 2.05. The van der Waals surface area contributed by atoms with E-state index in [2.05, 4.69) is 0 Å². The number of rotatable bonds is 2. The van der Waals surface area contributed by atoms with E-state index >= 15 is 0 Å². The van der Waals surface area contributed by atoms with E-state index in [1.54, 1.807) is 23.5 Å². The smallest absolute Gasteiger partial charge is 0.129 e. The van der Waals surface area contributed by atoms with Gasteiger partial charge in [-0.05, 0) is 36.9 Å². The Morgan fingerprint density at radius 3 is 2.62 bits per heavy atom. The van der Waals surface area contributed by atoms with E-state index in [9.17, 15) is 9.50 Å². The fourth-order valence-corrected chi connectivity index (χ4v) is 2.38. The summed E-state index contributed by atoms with van der Waals surface area (Å²) in [4.78, 5) is 1.11. The summed E-state index contributed by atoms with van der Waals surface area (Å²) < 4.78 is 13.6. The molecule has 2 aromatic rings. The highest BCUT2D eigenvalue weighted by Gasteiger charge is 2.15. The summed E-state index contributed by atoms with van der Waals surface area (Å²) in [6.45, 7) is 3.85. The summed E-state index contributed by atoms with van der Waals surface area (Å²) in [7, 11) is 0. The highest BCUT2D eigenvalue weighted by atomic mass is 32.1. The Bertz CT molecular complexity index is 504. The van der Waals surface area contributed by atoms with E-state index in [1.807, 2.05) is 25.3 Å². The van der Waals surface area contributed by atoms with Crippen LogP contribution in [0.4, 0.5) is 4.39 Å². The van der Waals surface area contributed by atoms with Crippen molar-refractivity contribution >= 4 is 11.3 Å². The van der Waals surface area contributed by atoms with E-state index in [0.29, 0.717) is 5.56 Å². The van der Waals surface area contributed by atoms with Crippen molar-refractivity contribution in [2.24, 2.45) is 0 Å². The molecule has 1 N–H and O–H groups in total. The maximum absolute atomic E-state index is 13.6. The highest BCUT2D eigenvalue weighted by molar-refractivity contribution is 7.10. The molecule has 1 atom stereocenters. The normalized spacial score (nSPS) is 12.8. The van der Waals surface area contributed by atoms with Crippen LogP contribution in [0.25, 0.3) is 0 Å². The second-order valence-corrected chi connectivity index (χ2v) is 5.03. The molecule has 1 heterocycles. The summed E-state index contributed by atoms with van der Waals surface area (Å²) >= 11 is 1.56. The first kappa shape index (κ1) is 11.3. The van der Waals surface area contributed by atoms with Crippen LogP contribution < -0.4 is 0 Å². The number of hydrogen-bond donors (Lipinski definition) is 1. The maximum Gasteiger partial charge on any atom is 0.129 e. The first-order chi connectivity index (χ1) is 7.58. The lowest BCUT2D eigenvalue weighted by Crippen LogP contribution is -2.01. The highest BCUT2D eigenvalue weighted by Crippen LogP contribution is 2.28. The molecule has 0 saturated carbocycles. The topological polar surface area (TPSA) is 20.2 Å². The summed E-state index contributed by atoms with van der Waals surface area (Å²) in [5.74, 6) is -0.359. The standard InChI is InChI=1S/C13H13FOS/c1-8-3-4-12(14)11(5-8)13(15)10-6-9(2)16-7-10/h3-7,13,15H,1-2H3. The zero-order chi connectivity index (χ0) is 11.7. The van der Waals surface area contributed by atoms with Gasteiger partial charge in [-0.3, -0.25) is 0 Å². The van der Waals surface area contributed by atoms with E-state index in [0.717, 1.165) is 16.0 Å². The number of halogens is 1. The van der Waals surface area contributed by atoms with Crippen LogP contribution in [0.15, 0.2) is 29.6 Å². The third kappa shape index (κ3) is 2.15. The molecule has 1 aromatic carbocycles. The predicted octanol–water partition coefficient (Wildman–Crippen LogP) is 3.59. The molecule has 0 fully saturated rings. The summed E-state index contributed by atoms with van der Waals surface area (Å²) in [5, 5.41) is 11.9. The van der Waals surface area contributed by atoms with Gasteiger partial charge in [-0.2, -0.15) is 0 Å². The Hall–Kier alpha value is -1.19. The van der Waals surface area contributed by atoms with E-state index < -0.39 is 6.10 Å². The minimum Gasteiger partial charge on any atom is -0.384 e. The monoisotopic (exact) mass is 236 g/mol. The Morgan fingerprint density at radius 2 is 2.00 bits per heavy atom. The first-order valence-electron chi connectivity index (χ1n) is 5.07. The average molecular weight is 236 g/mol. The van der Waals surface area contributed by atoms with Crippen molar-refractivity contribution in [3.63, 3.8) is 0 Å². The van der Waals surface area contributed by atoms with Crippen molar-refractivity contribution in [3.8, 4) is 0 Å². The molecule has 1 nitrogen and oxygen atoms in total. The number of aliphatic hydroxyl groups is 1. The van der Waals surface area contributed by atoms with Gasteiger partial charge in [0.2, 0.25) is 0 Å². The second-order valence-electron chi connectivity index (χ2n) is 3.92. The van der Waals surface area contributed by atoms with Crippen LogP contribution in [0.1, 0.15) is 27.7 Å². The van der Waals surface area contributed by atoms with Gasteiger partial charge in [-0.15, -0.1) is 11.3 Å². The molecule has 3 heteroatoms. The minimum atomic E-state index is -0.871. The lowest BCUT2D eigenvalue weighted by atomic mass is 10.0. The fraction of sp³-hybridized carbons (Fsp3) is 0.231. The van der Waals surface area contributed by atoms with E-state index in [4.69, 9.17) is 0 Å². The number of hydrogen-bond acceptors (Lipinski definition) is 2. The lowest BCUT2D eigenvalue weighted by molar-refractivity contribution is 0.215. The minimum absolute atomic E-state index is 0.345. The van der Waals surface area contributed by atoms with Gasteiger partial charge in [-0.25, -0.2) is 4.39 Å². The lowest BCUT2D eigenvalue weighted by Gasteiger charge is -2.11. The molecule has 84 valence electrons. The molecule has 16 heavy (non-hydrogen) atoms. The first-order valence-corrected chi connectivity index (χ1v) is 5.95. The van der Waals surface area contributed by atoms with Crippen molar-refractivity contribution in [3.05, 3.63) is 57.0 Å². The van der Waals surface area contributed by atoms with E-state index in [-0.39, 0.29) is 5.82 Å². The third-order valence-corrected chi connectivity index (χ3v) is 3.39. The van der Waals surface area contributed by atoms with Crippen LogP contribution in [-0.2, 0) is 0 Å². The molecule has 0 aliphatic rings. The molecule has 0 aliphatic heterocycles. The van der Waals surface area contributed by atoms with Gasteiger partial charge in [0, 0.05) is 10.4 Å². The second kappa shape index (κ2) is 4.36. The number of thiophene rings is 1. The van der Waals surface area contributed by atoms with Crippen LogP contribution in [0.3, 0.4) is 0 Å². The molecule has 1 unspecified atom stereocenters. The summed E-state index contributed by atoms with van der Waals surface area (Å²) in [6.07, 6.45) is -0.871. The maximum atomic E-state index is 13.6. The fourth-order valence-electron chi connectivity index (χ4n) is 1.66. The van der Waals surface area contributed by atoms with Crippen molar-refractivity contribution in [2.45, 2.75) is 20.0 Å². The molecular weight excluding hydrogens is 223 g/mol. The molecule has 0 amide bonds. The molecule has 0 radical (unpaired) electrons. The Morgan fingerprint density at radius 1 is 1.25 bits per heavy atom.